The van der Waals surface area contributed by atoms with Gasteiger partial charge in [-0.25, -0.2) is 9.13 Å². The molecule has 24 heavy (non-hydrogen) atoms. The molecule has 0 amide bonds. The standard InChI is InChI=1S/C21H25N2O/c1-16-17(2)23(15-20-11-8-12-21(13-20)24-4)18(3)22(16)14-19-9-6-5-7-10-19/h5-13H,14-15H2,1-4H3/q+1. The van der Waals surface area contributed by atoms with Gasteiger partial charge in [0.2, 0.25) is 0 Å². The van der Waals surface area contributed by atoms with Crippen LogP contribution in [-0.4, -0.2) is 11.7 Å². The third-order valence-corrected chi connectivity index (χ3v) is 4.77. The molecule has 0 aliphatic carbocycles. The van der Waals surface area contributed by atoms with Crippen LogP contribution in [0.1, 0.15) is 28.3 Å². The molecule has 3 heteroatoms. The van der Waals surface area contributed by atoms with Crippen LogP contribution in [0.3, 0.4) is 0 Å². The predicted octanol–water partition coefficient (Wildman–Crippen LogP) is 3.81. The summed E-state index contributed by atoms with van der Waals surface area (Å²) in [6, 6.07) is 18.9. The van der Waals surface area contributed by atoms with E-state index in [1.165, 1.54) is 28.3 Å². The van der Waals surface area contributed by atoms with Gasteiger partial charge in [0.1, 0.15) is 30.2 Å². The normalized spacial score (nSPS) is 10.8. The van der Waals surface area contributed by atoms with E-state index in [1.54, 1.807) is 7.11 Å². The zero-order valence-corrected chi connectivity index (χ0v) is 14.9. The number of imidazole rings is 1. The van der Waals surface area contributed by atoms with E-state index in [4.69, 9.17) is 4.74 Å². The van der Waals surface area contributed by atoms with Crippen molar-refractivity contribution in [2.45, 2.75) is 33.9 Å². The Morgan fingerprint density at radius 2 is 1.62 bits per heavy atom. The van der Waals surface area contributed by atoms with Crippen LogP contribution >= 0.6 is 0 Å². The van der Waals surface area contributed by atoms with Gasteiger partial charge >= 0.3 is 0 Å². The largest absolute Gasteiger partial charge is 0.497 e. The van der Waals surface area contributed by atoms with Crippen molar-refractivity contribution in [1.82, 2.24) is 4.57 Å². The summed E-state index contributed by atoms with van der Waals surface area (Å²) in [6.07, 6.45) is 0. The number of benzene rings is 2. The summed E-state index contributed by atoms with van der Waals surface area (Å²) in [4.78, 5) is 0. The van der Waals surface area contributed by atoms with Crippen LogP contribution in [0.5, 0.6) is 5.75 Å². The summed E-state index contributed by atoms with van der Waals surface area (Å²) in [6.45, 7) is 8.36. The Kier molecular flexibility index (Phi) is 4.70. The molecule has 3 aromatic rings. The molecule has 0 bridgehead atoms. The van der Waals surface area contributed by atoms with Crippen LogP contribution in [-0.2, 0) is 13.1 Å². The van der Waals surface area contributed by atoms with Gasteiger partial charge in [-0.3, -0.25) is 0 Å². The lowest BCUT2D eigenvalue weighted by Crippen LogP contribution is -2.39. The van der Waals surface area contributed by atoms with Gasteiger partial charge in [0.05, 0.1) is 7.11 Å². The van der Waals surface area contributed by atoms with E-state index in [9.17, 15) is 0 Å². The van der Waals surface area contributed by atoms with Crippen LogP contribution in [0.25, 0.3) is 0 Å². The quantitative estimate of drug-likeness (QED) is 0.654. The molecule has 1 heterocycles. The van der Waals surface area contributed by atoms with Crippen molar-refractivity contribution in [2.24, 2.45) is 0 Å². The molecular formula is C21H25N2O+. The summed E-state index contributed by atoms with van der Waals surface area (Å²) in [7, 11) is 1.71. The van der Waals surface area contributed by atoms with E-state index in [2.05, 4.69) is 72.4 Å². The van der Waals surface area contributed by atoms with Crippen molar-refractivity contribution >= 4 is 0 Å². The Hall–Kier alpha value is -2.55. The molecule has 0 fully saturated rings. The molecule has 0 saturated carbocycles. The average Bonchev–Trinajstić information content (AvgIpc) is 2.81. The first-order valence-corrected chi connectivity index (χ1v) is 8.33. The molecule has 0 aliphatic heterocycles. The zero-order chi connectivity index (χ0) is 17.1. The highest BCUT2D eigenvalue weighted by atomic mass is 16.5. The lowest BCUT2D eigenvalue weighted by molar-refractivity contribution is -0.699. The molecule has 0 atom stereocenters. The van der Waals surface area contributed by atoms with Gasteiger partial charge < -0.3 is 4.74 Å². The molecule has 0 radical (unpaired) electrons. The average molecular weight is 321 g/mol. The first-order chi connectivity index (χ1) is 11.6. The second kappa shape index (κ2) is 6.91. The van der Waals surface area contributed by atoms with E-state index in [0.717, 1.165) is 18.8 Å². The molecule has 0 spiro atoms. The highest BCUT2D eigenvalue weighted by molar-refractivity contribution is 5.28. The molecular weight excluding hydrogens is 296 g/mol. The van der Waals surface area contributed by atoms with Gasteiger partial charge in [-0.1, -0.05) is 42.5 Å². The summed E-state index contributed by atoms with van der Waals surface area (Å²) in [5.74, 6) is 2.18. The molecule has 0 saturated heterocycles. The summed E-state index contributed by atoms with van der Waals surface area (Å²) >= 11 is 0. The number of methoxy groups -OCH3 is 1. The minimum absolute atomic E-state index is 0.859. The van der Waals surface area contributed by atoms with Gasteiger partial charge in [0, 0.05) is 20.8 Å². The molecule has 1 aromatic heterocycles. The van der Waals surface area contributed by atoms with Crippen molar-refractivity contribution in [3.05, 3.63) is 82.9 Å². The molecule has 0 unspecified atom stereocenters. The second-order valence-electron chi connectivity index (χ2n) is 6.23. The van der Waals surface area contributed by atoms with Crippen LogP contribution in [0.2, 0.25) is 0 Å². The van der Waals surface area contributed by atoms with Crippen molar-refractivity contribution in [3.63, 3.8) is 0 Å². The lowest BCUT2D eigenvalue weighted by Gasteiger charge is -2.05. The van der Waals surface area contributed by atoms with Gasteiger partial charge in [0.25, 0.3) is 5.82 Å². The first kappa shape index (κ1) is 16.3. The highest BCUT2D eigenvalue weighted by Crippen LogP contribution is 2.15. The highest BCUT2D eigenvalue weighted by Gasteiger charge is 2.22. The minimum atomic E-state index is 0.859. The van der Waals surface area contributed by atoms with Gasteiger partial charge in [-0.15, -0.1) is 0 Å². The number of rotatable bonds is 5. The van der Waals surface area contributed by atoms with Gasteiger partial charge in [-0.2, -0.15) is 0 Å². The summed E-state index contributed by atoms with van der Waals surface area (Å²) in [5, 5.41) is 0. The second-order valence-corrected chi connectivity index (χ2v) is 6.23. The number of ether oxygens (including phenoxy) is 1. The first-order valence-electron chi connectivity index (χ1n) is 8.33. The topological polar surface area (TPSA) is 18.0 Å². The maximum atomic E-state index is 5.35. The van der Waals surface area contributed by atoms with Crippen LogP contribution in [0, 0.1) is 20.8 Å². The van der Waals surface area contributed by atoms with Crippen molar-refractivity contribution in [1.29, 1.82) is 0 Å². The third-order valence-electron chi connectivity index (χ3n) is 4.77. The summed E-state index contributed by atoms with van der Waals surface area (Å²) in [5.41, 5.74) is 5.21. The fraction of sp³-hybridized carbons (Fsp3) is 0.286. The Morgan fingerprint density at radius 3 is 2.33 bits per heavy atom. The van der Waals surface area contributed by atoms with Crippen LogP contribution in [0.15, 0.2) is 54.6 Å². The van der Waals surface area contributed by atoms with Crippen LogP contribution < -0.4 is 9.30 Å². The molecule has 124 valence electrons. The molecule has 3 rings (SSSR count). The molecule has 0 N–H and O–H groups in total. The predicted molar refractivity (Wildman–Crippen MR) is 96.5 cm³/mol. The number of aromatic nitrogens is 2. The Balaban J connectivity index is 1.93. The maximum Gasteiger partial charge on any atom is 0.254 e. The minimum Gasteiger partial charge on any atom is -0.497 e. The molecule has 0 aliphatic rings. The van der Waals surface area contributed by atoms with Crippen molar-refractivity contribution in [2.75, 3.05) is 7.11 Å². The fourth-order valence-electron chi connectivity index (χ4n) is 3.21. The van der Waals surface area contributed by atoms with Crippen molar-refractivity contribution < 1.29 is 9.30 Å². The lowest BCUT2D eigenvalue weighted by atomic mass is 10.2. The fourth-order valence-corrected chi connectivity index (χ4v) is 3.21. The monoisotopic (exact) mass is 321 g/mol. The van der Waals surface area contributed by atoms with E-state index < -0.39 is 0 Å². The van der Waals surface area contributed by atoms with Gasteiger partial charge in [0.15, 0.2) is 0 Å². The van der Waals surface area contributed by atoms with Crippen LogP contribution in [0.4, 0.5) is 0 Å². The summed E-state index contributed by atoms with van der Waals surface area (Å²) < 4.78 is 10.1. The van der Waals surface area contributed by atoms with E-state index in [1.807, 2.05) is 12.1 Å². The molecule has 2 aromatic carbocycles. The van der Waals surface area contributed by atoms with E-state index in [0.29, 0.717) is 0 Å². The van der Waals surface area contributed by atoms with Crippen molar-refractivity contribution in [3.8, 4) is 5.75 Å². The number of nitrogens with zero attached hydrogens (tertiary/aromatic N) is 2. The Bertz CT molecular complexity index is 835. The maximum absolute atomic E-state index is 5.35. The zero-order valence-electron chi connectivity index (χ0n) is 14.9. The van der Waals surface area contributed by atoms with Gasteiger partial charge in [-0.05, 0) is 23.3 Å². The number of hydrogen-bond donors (Lipinski definition) is 0. The number of hydrogen-bond acceptors (Lipinski definition) is 1. The third kappa shape index (κ3) is 3.21. The molecule has 3 nitrogen and oxygen atoms in total. The van der Waals surface area contributed by atoms with E-state index in [-0.39, 0.29) is 0 Å². The smallest absolute Gasteiger partial charge is 0.254 e. The SMILES string of the molecule is COc1cccc(C[n+]2c(C)c(C)n(Cc3ccccc3)c2C)c1. The Labute approximate surface area is 144 Å². The Morgan fingerprint density at radius 1 is 0.917 bits per heavy atom. The van der Waals surface area contributed by atoms with E-state index >= 15 is 0 Å².